The smallest absolute Gasteiger partial charge is 0.0359 e. The van der Waals surface area contributed by atoms with Gasteiger partial charge in [0.15, 0.2) is 0 Å². The first kappa shape index (κ1) is 8.30. The van der Waals surface area contributed by atoms with Crippen LogP contribution in [0.25, 0.3) is 0 Å². The molecule has 0 saturated heterocycles. The van der Waals surface area contributed by atoms with Gasteiger partial charge in [-0.05, 0) is 52.1 Å². The summed E-state index contributed by atoms with van der Waals surface area (Å²) in [4.78, 5) is 2.58. The maximum Gasteiger partial charge on any atom is 0.0359 e. The normalized spacial score (nSPS) is 9.80. The highest BCUT2D eigenvalue weighted by atomic mass is 127. The Kier molecular flexibility index (Phi) is 3.45. The van der Waals surface area contributed by atoms with Crippen molar-refractivity contribution in [1.82, 2.24) is 4.84 Å². The SMILES string of the molecule is ClNCc1cccc(I)c1. The van der Waals surface area contributed by atoms with Gasteiger partial charge in [-0.15, -0.1) is 0 Å². The maximum absolute atomic E-state index is 5.34. The van der Waals surface area contributed by atoms with Crippen LogP contribution in [-0.2, 0) is 6.54 Å². The molecule has 1 aromatic rings. The topological polar surface area (TPSA) is 12.0 Å². The predicted molar refractivity (Wildman–Crippen MR) is 51.9 cm³/mol. The summed E-state index contributed by atoms with van der Waals surface area (Å²) in [5.41, 5.74) is 1.21. The van der Waals surface area contributed by atoms with Gasteiger partial charge in [0, 0.05) is 10.1 Å². The second kappa shape index (κ2) is 4.16. The molecule has 0 saturated carbocycles. The van der Waals surface area contributed by atoms with Crippen LogP contribution >= 0.6 is 34.4 Å². The summed E-state index contributed by atoms with van der Waals surface area (Å²) in [5.74, 6) is 0. The summed E-state index contributed by atoms with van der Waals surface area (Å²) in [6.07, 6.45) is 0. The molecule has 0 aliphatic heterocycles. The largest absolute Gasteiger partial charge is 0.229 e. The van der Waals surface area contributed by atoms with Gasteiger partial charge in [0.05, 0.1) is 0 Å². The first-order chi connectivity index (χ1) is 4.83. The molecule has 54 valence electrons. The minimum atomic E-state index is 0.721. The zero-order valence-electron chi connectivity index (χ0n) is 5.27. The average Bonchev–Trinajstić information content (AvgIpc) is 1.88. The lowest BCUT2D eigenvalue weighted by Crippen LogP contribution is -1.97. The van der Waals surface area contributed by atoms with E-state index in [1.165, 1.54) is 9.13 Å². The Bertz CT molecular complexity index is 215. The van der Waals surface area contributed by atoms with Gasteiger partial charge in [0.25, 0.3) is 0 Å². The Morgan fingerprint density at radius 3 is 2.90 bits per heavy atom. The number of benzene rings is 1. The van der Waals surface area contributed by atoms with Crippen molar-refractivity contribution in [3.63, 3.8) is 0 Å². The Morgan fingerprint density at radius 1 is 1.50 bits per heavy atom. The molecule has 3 heteroatoms. The number of nitrogens with one attached hydrogen (secondary N) is 1. The molecule has 1 aromatic carbocycles. The van der Waals surface area contributed by atoms with E-state index in [9.17, 15) is 0 Å². The van der Waals surface area contributed by atoms with Crippen molar-refractivity contribution in [2.75, 3.05) is 0 Å². The van der Waals surface area contributed by atoms with E-state index in [0.29, 0.717) is 0 Å². The quantitative estimate of drug-likeness (QED) is 0.641. The van der Waals surface area contributed by atoms with Crippen LogP contribution in [0.5, 0.6) is 0 Å². The predicted octanol–water partition coefficient (Wildman–Crippen LogP) is 2.53. The highest BCUT2D eigenvalue weighted by Crippen LogP contribution is 2.07. The van der Waals surface area contributed by atoms with E-state index < -0.39 is 0 Å². The molecule has 0 atom stereocenters. The zero-order chi connectivity index (χ0) is 7.40. The lowest BCUT2D eigenvalue weighted by Gasteiger charge is -1.97. The second-order valence-corrected chi connectivity index (χ2v) is 3.45. The second-order valence-electron chi connectivity index (χ2n) is 1.94. The Balaban J connectivity index is 2.75. The number of halogens is 2. The van der Waals surface area contributed by atoms with Crippen LogP contribution in [0, 0.1) is 3.57 Å². The fourth-order valence-corrected chi connectivity index (χ4v) is 1.49. The third kappa shape index (κ3) is 2.44. The van der Waals surface area contributed by atoms with E-state index in [4.69, 9.17) is 11.8 Å². The summed E-state index contributed by atoms with van der Waals surface area (Å²) in [5, 5.41) is 0. The van der Waals surface area contributed by atoms with Crippen LogP contribution in [0.2, 0.25) is 0 Å². The van der Waals surface area contributed by atoms with Gasteiger partial charge in [0.1, 0.15) is 0 Å². The molecular weight excluding hydrogens is 260 g/mol. The molecule has 0 spiro atoms. The molecule has 1 N–H and O–H groups in total. The van der Waals surface area contributed by atoms with Crippen LogP contribution in [0.4, 0.5) is 0 Å². The fourth-order valence-electron chi connectivity index (χ4n) is 0.724. The molecule has 10 heavy (non-hydrogen) atoms. The number of hydrogen-bond donors (Lipinski definition) is 1. The minimum absolute atomic E-state index is 0.721. The van der Waals surface area contributed by atoms with Crippen molar-refractivity contribution >= 4 is 34.4 Å². The molecule has 0 aliphatic rings. The van der Waals surface area contributed by atoms with Crippen LogP contribution in [0.1, 0.15) is 5.56 Å². The van der Waals surface area contributed by atoms with Gasteiger partial charge in [0.2, 0.25) is 0 Å². The van der Waals surface area contributed by atoms with E-state index in [1.807, 2.05) is 12.1 Å². The van der Waals surface area contributed by atoms with Gasteiger partial charge in [-0.25, -0.2) is 4.84 Å². The Labute approximate surface area is 79.0 Å². The Hall–Kier alpha value is 0.200. The average molecular weight is 267 g/mol. The molecule has 1 nitrogen and oxygen atoms in total. The Morgan fingerprint density at radius 2 is 2.30 bits per heavy atom. The standard InChI is InChI=1S/C7H7ClIN/c8-10-5-6-2-1-3-7(9)4-6/h1-4,10H,5H2. The third-order valence-electron chi connectivity index (χ3n) is 1.16. The molecule has 0 amide bonds. The molecule has 0 radical (unpaired) electrons. The van der Waals surface area contributed by atoms with Crippen molar-refractivity contribution in [1.29, 1.82) is 0 Å². The highest BCUT2D eigenvalue weighted by Gasteiger charge is 1.90. The summed E-state index contributed by atoms with van der Waals surface area (Å²) < 4.78 is 1.24. The van der Waals surface area contributed by atoms with Crippen molar-refractivity contribution in [2.24, 2.45) is 0 Å². The number of rotatable bonds is 2. The first-order valence-corrected chi connectivity index (χ1v) is 4.36. The lowest BCUT2D eigenvalue weighted by molar-refractivity contribution is 0.962. The minimum Gasteiger partial charge on any atom is -0.229 e. The molecular formula is C7H7ClIN. The fraction of sp³-hybridized carbons (Fsp3) is 0.143. The highest BCUT2D eigenvalue weighted by molar-refractivity contribution is 14.1. The maximum atomic E-state index is 5.34. The summed E-state index contributed by atoms with van der Waals surface area (Å²) in [7, 11) is 0. The van der Waals surface area contributed by atoms with Gasteiger partial charge >= 0.3 is 0 Å². The summed E-state index contributed by atoms with van der Waals surface area (Å²) in [6.45, 7) is 0.721. The van der Waals surface area contributed by atoms with E-state index in [1.54, 1.807) is 0 Å². The first-order valence-electron chi connectivity index (χ1n) is 2.91. The van der Waals surface area contributed by atoms with E-state index >= 15 is 0 Å². The van der Waals surface area contributed by atoms with Crippen LogP contribution in [0.15, 0.2) is 24.3 Å². The van der Waals surface area contributed by atoms with Gasteiger partial charge in [-0.2, -0.15) is 0 Å². The molecule has 0 aliphatic carbocycles. The van der Waals surface area contributed by atoms with Gasteiger partial charge in [-0.3, -0.25) is 0 Å². The molecule has 0 heterocycles. The molecule has 1 rings (SSSR count). The molecule has 0 unspecified atom stereocenters. The van der Waals surface area contributed by atoms with Crippen LogP contribution in [0.3, 0.4) is 0 Å². The summed E-state index contributed by atoms with van der Waals surface area (Å²) in [6, 6.07) is 8.21. The molecule has 0 aromatic heterocycles. The van der Waals surface area contributed by atoms with Crippen LogP contribution < -0.4 is 4.84 Å². The van der Waals surface area contributed by atoms with Gasteiger partial charge in [-0.1, -0.05) is 12.1 Å². The van der Waals surface area contributed by atoms with E-state index in [0.717, 1.165) is 6.54 Å². The third-order valence-corrected chi connectivity index (χ3v) is 1.96. The lowest BCUT2D eigenvalue weighted by atomic mass is 10.2. The molecule has 0 bridgehead atoms. The molecule has 0 fully saturated rings. The van der Waals surface area contributed by atoms with E-state index in [2.05, 4.69) is 39.6 Å². The number of hydrogen-bond acceptors (Lipinski definition) is 1. The van der Waals surface area contributed by atoms with Gasteiger partial charge < -0.3 is 0 Å². The van der Waals surface area contributed by atoms with E-state index in [-0.39, 0.29) is 0 Å². The summed E-state index contributed by atoms with van der Waals surface area (Å²) >= 11 is 7.61. The van der Waals surface area contributed by atoms with Crippen molar-refractivity contribution in [3.05, 3.63) is 33.4 Å². The zero-order valence-corrected chi connectivity index (χ0v) is 8.19. The van der Waals surface area contributed by atoms with Crippen molar-refractivity contribution in [2.45, 2.75) is 6.54 Å². The van der Waals surface area contributed by atoms with Crippen molar-refractivity contribution in [3.8, 4) is 0 Å². The van der Waals surface area contributed by atoms with Crippen molar-refractivity contribution < 1.29 is 0 Å². The monoisotopic (exact) mass is 267 g/mol. The van der Waals surface area contributed by atoms with Crippen LogP contribution in [-0.4, -0.2) is 0 Å².